The fourth-order valence-corrected chi connectivity index (χ4v) is 1.24. The second-order valence-electron chi connectivity index (χ2n) is 3.34. The summed E-state index contributed by atoms with van der Waals surface area (Å²) < 4.78 is 12.9. The molecule has 0 spiro atoms. The van der Waals surface area contributed by atoms with Gasteiger partial charge in [0.25, 0.3) is 5.91 Å². The number of carbonyl (C=O) groups excluding carboxylic acids is 1. The highest BCUT2D eigenvalue weighted by Crippen LogP contribution is 2.05. The molecule has 2 N–H and O–H groups in total. The molecule has 0 aliphatic carbocycles. The van der Waals surface area contributed by atoms with E-state index in [0.29, 0.717) is 4.90 Å². The number of carboxylic acids is 2. The van der Waals surface area contributed by atoms with Crippen molar-refractivity contribution in [3.05, 3.63) is 29.8 Å². The molecule has 0 bridgehead atoms. The minimum absolute atomic E-state index is 0.211. The maximum absolute atomic E-state index is 12.9. The van der Waals surface area contributed by atoms with Crippen LogP contribution < -0.4 is 0 Å². The molecule has 0 radical (unpaired) electrons. The summed E-state index contributed by atoms with van der Waals surface area (Å²) in [6.45, 7) is -1.58. The summed E-state index contributed by atoms with van der Waals surface area (Å²) in [5.41, 5.74) is -0.211. The zero-order valence-corrected chi connectivity index (χ0v) is 9.04. The van der Waals surface area contributed by atoms with Gasteiger partial charge in [0.1, 0.15) is 18.9 Å². The third kappa shape index (κ3) is 3.81. The quantitative estimate of drug-likeness (QED) is 0.757. The maximum Gasteiger partial charge on any atom is 0.323 e. The van der Waals surface area contributed by atoms with Crippen molar-refractivity contribution in [1.29, 1.82) is 0 Å². The Bertz CT molecular complexity index is 475. The Morgan fingerprint density at radius 1 is 1.17 bits per heavy atom. The normalized spacial score (nSPS) is 9.83. The predicted molar refractivity (Wildman–Crippen MR) is 55.4 cm³/mol. The molecule has 1 amide bonds. The van der Waals surface area contributed by atoms with Crippen LogP contribution in [0.25, 0.3) is 0 Å². The fourth-order valence-electron chi connectivity index (χ4n) is 1.24. The van der Waals surface area contributed by atoms with Gasteiger partial charge in [-0.2, -0.15) is 0 Å². The van der Waals surface area contributed by atoms with Gasteiger partial charge in [0.05, 0.1) is 11.8 Å². The molecule has 1 rings (SSSR count). The van der Waals surface area contributed by atoms with Crippen LogP contribution in [-0.4, -0.2) is 51.0 Å². The van der Waals surface area contributed by atoms with Crippen molar-refractivity contribution in [2.75, 3.05) is 13.1 Å². The molecule has 0 fully saturated rings. The third-order valence-corrected chi connectivity index (χ3v) is 1.89. The lowest BCUT2D eigenvalue weighted by molar-refractivity contribution is -0.140. The minimum Gasteiger partial charge on any atom is -0.480 e. The molecular weight excluding hydrogens is 247 g/mol. The van der Waals surface area contributed by atoms with Gasteiger partial charge >= 0.3 is 11.9 Å². The number of pyridine rings is 1. The first kappa shape index (κ1) is 13.6. The Morgan fingerprint density at radius 2 is 1.72 bits per heavy atom. The first-order valence-electron chi connectivity index (χ1n) is 4.73. The molecule has 1 aromatic rings. The van der Waals surface area contributed by atoms with Crippen molar-refractivity contribution in [2.24, 2.45) is 0 Å². The summed E-state index contributed by atoms with van der Waals surface area (Å²) in [5, 5.41) is 17.1. The lowest BCUT2D eigenvalue weighted by Gasteiger charge is -2.18. The Kier molecular flexibility index (Phi) is 4.30. The smallest absolute Gasteiger partial charge is 0.323 e. The van der Waals surface area contributed by atoms with Crippen LogP contribution in [0.4, 0.5) is 4.39 Å². The fraction of sp³-hybridized carbons (Fsp3) is 0.200. The lowest BCUT2D eigenvalue weighted by Crippen LogP contribution is -2.39. The van der Waals surface area contributed by atoms with Gasteiger partial charge < -0.3 is 15.1 Å². The maximum atomic E-state index is 12.9. The first-order valence-corrected chi connectivity index (χ1v) is 4.73. The van der Waals surface area contributed by atoms with Gasteiger partial charge in [-0.15, -0.1) is 0 Å². The summed E-state index contributed by atoms with van der Waals surface area (Å²) >= 11 is 0. The van der Waals surface area contributed by atoms with Gasteiger partial charge in [0, 0.05) is 6.20 Å². The van der Waals surface area contributed by atoms with Gasteiger partial charge in [-0.1, -0.05) is 0 Å². The topological polar surface area (TPSA) is 108 Å². The number of halogens is 1. The van der Waals surface area contributed by atoms with Crippen LogP contribution in [0, 0.1) is 5.82 Å². The highest BCUT2D eigenvalue weighted by atomic mass is 19.1. The van der Waals surface area contributed by atoms with Crippen LogP contribution in [0.2, 0.25) is 0 Å². The number of hydrogen-bond donors (Lipinski definition) is 2. The second-order valence-corrected chi connectivity index (χ2v) is 3.34. The summed E-state index contributed by atoms with van der Waals surface area (Å²) in [6, 6.07) is 0.853. The number of aliphatic carboxylic acids is 2. The van der Waals surface area contributed by atoms with Crippen LogP contribution in [0.1, 0.15) is 10.4 Å². The lowest BCUT2D eigenvalue weighted by atomic mass is 10.2. The van der Waals surface area contributed by atoms with Crippen molar-refractivity contribution in [1.82, 2.24) is 9.88 Å². The number of carboxylic acid groups (broad SMARTS) is 2. The molecular formula is C10H9FN2O5. The zero-order chi connectivity index (χ0) is 13.7. The van der Waals surface area contributed by atoms with Crippen LogP contribution >= 0.6 is 0 Å². The summed E-state index contributed by atoms with van der Waals surface area (Å²) in [7, 11) is 0. The molecule has 0 aliphatic rings. The van der Waals surface area contributed by atoms with Crippen LogP contribution in [0.15, 0.2) is 18.5 Å². The molecule has 18 heavy (non-hydrogen) atoms. The molecule has 7 nitrogen and oxygen atoms in total. The molecule has 0 saturated carbocycles. The van der Waals surface area contributed by atoms with E-state index >= 15 is 0 Å². The summed E-state index contributed by atoms with van der Waals surface area (Å²) in [4.78, 5) is 36.8. The van der Waals surface area contributed by atoms with Crippen LogP contribution in [0.5, 0.6) is 0 Å². The summed E-state index contributed by atoms with van der Waals surface area (Å²) in [6.07, 6.45) is 1.90. The van der Waals surface area contributed by atoms with E-state index in [1.54, 1.807) is 0 Å². The van der Waals surface area contributed by atoms with Crippen LogP contribution in [0.3, 0.4) is 0 Å². The first-order chi connectivity index (χ1) is 8.40. The van der Waals surface area contributed by atoms with E-state index in [9.17, 15) is 18.8 Å². The number of hydrogen-bond acceptors (Lipinski definition) is 4. The van der Waals surface area contributed by atoms with Gasteiger partial charge in [-0.3, -0.25) is 19.4 Å². The molecule has 0 atom stereocenters. The number of rotatable bonds is 5. The third-order valence-electron chi connectivity index (χ3n) is 1.89. The molecule has 0 aromatic carbocycles. The standard InChI is InChI=1S/C10H9FN2O5/c11-7-1-6(2-12-3-7)10(18)13(4-8(14)15)5-9(16)17/h1-3H,4-5H2,(H,14,15)(H,16,17). The number of nitrogens with zero attached hydrogens (tertiary/aromatic N) is 2. The molecule has 0 saturated heterocycles. The Balaban J connectivity index is 2.94. The van der Waals surface area contributed by atoms with Crippen molar-refractivity contribution in [3.63, 3.8) is 0 Å². The molecule has 1 aromatic heterocycles. The predicted octanol–water partition coefficient (Wildman–Crippen LogP) is -0.168. The SMILES string of the molecule is O=C(O)CN(CC(=O)O)C(=O)c1cncc(F)c1. The second kappa shape index (κ2) is 5.71. The van der Waals surface area contributed by atoms with E-state index in [1.807, 2.05) is 0 Å². The van der Waals surface area contributed by atoms with Crippen LogP contribution in [-0.2, 0) is 9.59 Å². The minimum atomic E-state index is -1.37. The highest BCUT2D eigenvalue weighted by molar-refractivity contribution is 5.97. The van der Waals surface area contributed by atoms with Crippen molar-refractivity contribution in [3.8, 4) is 0 Å². The van der Waals surface area contributed by atoms with E-state index in [0.717, 1.165) is 18.5 Å². The Hall–Kier alpha value is -2.51. The largest absolute Gasteiger partial charge is 0.480 e. The van der Waals surface area contributed by atoms with Gasteiger partial charge in [-0.05, 0) is 6.07 Å². The number of amides is 1. The number of aromatic nitrogens is 1. The Morgan fingerprint density at radius 3 is 2.17 bits per heavy atom. The van der Waals surface area contributed by atoms with Crippen molar-refractivity contribution >= 4 is 17.8 Å². The average molecular weight is 256 g/mol. The average Bonchev–Trinajstić information content (AvgIpc) is 2.26. The van der Waals surface area contributed by atoms with E-state index in [-0.39, 0.29) is 5.56 Å². The van der Waals surface area contributed by atoms with Crippen molar-refractivity contribution in [2.45, 2.75) is 0 Å². The molecule has 96 valence electrons. The zero-order valence-electron chi connectivity index (χ0n) is 9.04. The van der Waals surface area contributed by atoms with Gasteiger partial charge in [0.15, 0.2) is 0 Å². The molecule has 8 heteroatoms. The van der Waals surface area contributed by atoms with Crippen molar-refractivity contribution < 1.29 is 29.0 Å². The van der Waals surface area contributed by atoms with E-state index in [2.05, 4.69) is 4.98 Å². The van der Waals surface area contributed by atoms with E-state index in [1.165, 1.54) is 0 Å². The molecule has 0 aliphatic heterocycles. The van der Waals surface area contributed by atoms with E-state index < -0.39 is 36.8 Å². The molecule has 1 heterocycles. The Labute approximate surface area is 100 Å². The monoisotopic (exact) mass is 256 g/mol. The summed E-state index contributed by atoms with van der Waals surface area (Å²) in [5.74, 6) is -4.42. The van der Waals surface area contributed by atoms with Gasteiger partial charge in [0.2, 0.25) is 0 Å². The molecule has 0 unspecified atom stereocenters. The highest BCUT2D eigenvalue weighted by Gasteiger charge is 2.21. The van der Waals surface area contributed by atoms with Gasteiger partial charge in [-0.25, -0.2) is 4.39 Å². The number of carbonyl (C=O) groups is 3. The van der Waals surface area contributed by atoms with E-state index in [4.69, 9.17) is 10.2 Å².